The van der Waals surface area contributed by atoms with E-state index in [1.54, 1.807) is 0 Å². The fourth-order valence-corrected chi connectivity index (χ4v) is 1.45. The van der Waals surface area contributed by atoms with Crippen molar-refractivity contribution in [3.8, 4) is 0 Å². The lowest BCUT2D eigenvalue weighted by atomic mass is 9.86. The van der Waals surface area contributed by atoms with Crippen LogP contribution in [0.4, 0.5) is 0 Å². The summed E-state index contributed by atoms with van der Waals surface area (Å²) in [6.45, 7) is 8.93. The summed E-state index contributed by atoms with van der Waals surface area (Å²) in [5.41, 5.74) is 0.503. The van der Waals surface area contributed by atoms with Gasteiger partial charge in [0.2, 0.25) is 0 Å². The second-order valence-electron chi connectivity index (χ2n) is 4.83. The van der Waals surface area contributed by atoms with E-state index in [4.69, 9.17) is 4.74 Å². The molecule has 66 valence electrons. The smallest absolute Gasteiger partial charge is 0.0495 e. The number of hydrogen-bond donors (Lipinski definition) is 0. The average molecular weight is 156 g/mol. The van der Waals surface area contributed by atoms with Crippen LogP contribution >= 0.6 is 0 Å². The molecule has 0 N–H and O–H groups in total. The molecule has 1 unspecified atom stereocenters. The van der Waals surface area contributed by atoms with Crippen LogP contribution in [0.1, 0.15) is 40.0 Å². The van der Waals surface area contributed by atoms with Gasteiger partial charge < -0.3 is 4.74 Å². The highest BCUT2D eigenvalue weighted by Crippen LogP contribution is 2.26. The van der Waals surface area contributed by atoms with Crippen molar-refractivity contribution in [3.63, 3.8) is 0 Å². The molecule has 1 aliphatic heterocycles. The second kappa shape index (κ2) is 3.57. The Labute approximate surface area is 70.1 Å². The normalized spacial score (nSPS) is 25.9. The highest BCUT2D eigenvalue weighted by Gasteiger charge is 2.18. The molecule has 1 aliphatic rings. The van der Waals surface area contributed by atoms with E-state index in [9.17, 15) is 0 Å². The maximum atomic E-state index is 5.32. The van der Waals surface area contributed by atoms with E-state index in [1.165, 1.54) is 19.3 Å². The van der Waals surface area contributed by atoms with Gasteiger partial charge in [0, 0.05) is 13.2 Å². The first-order valence-electron chi connectivity index (χ1n) is 4.66. The largest absolute Gasteiger partial charge is 0.381 e. The predicted octanol–water partition coefficient (Wildman–Crippen LogP) is 2.85. The zero-order valence-electron chi connectivity index (χ0n) is 8.02. The summed E-state index contributed by atoms with van der Waals surface area (Å²) in [4.78, 5) is 0. The first kappa shape index (κ1) is 9.05. The SMILES string of the molecule is CC(C)(C)CCC1CCOC1. The van der Waals surface area contributed by atoms with Crippen molar-refractivity contribution in [1.82, 2.24) is 0 Å². The molecule has 0 aromatic carbocycles. The zero-order chi connectivity index (χ0) is 8.32. The van der Waals surface area contributed by atoms with E-state index in [0.29, 0.717) is 5.41 Å². The van der Waals surface area contributed by atoms with Crippen molar-refractivity contribution < 1.29 is 4.74 Å². The Balaban J connectivity index is 2.11. The van der Waals surface area contributed by atoms with E-state index in [0.717, 1.165) is 19.1 Å². The molecule has 1 nitrogen and oxygen atoms in total. The number of rotatable bonds is 2. The fraction of sp³-hybridized carbons (Fsp3) is 1.00. The van der Waals surface area contributed by atoms with Crippen molar-refractivity contribution in [2.45, 2.75) is 40.0 Å². The summed E-state index contributed by atoms with van der Waals surface area (Å²) in [5, 5.41) is 0. The van der Waals surface area contributed by atoms with Gasteiger partial charge in [0.15, 0.2) is 0 Å². The summed E-state index contributed by atoms with van der Waals surface area (Å²) < 4.78 is 5.32. The molecule has 1 fully saturated rings. The minimum atomic E-state index is 0.503. The molecule has 0 spiro atoms. The summed E-state index contributed by atoms with van der Waals surface area (Å²) in [7, 11) is 0. The molecule has 11 heavy (non-hydrogen) atoms. The van der Waals surface area contributed by atoms with Gasteiger partial charge in [0.25, 0.3) is 0 Å². The molecule has 0 aliphatic carbocycles. The zero-order valence-corrected chi connectivity index (χ0v) is 8.02. The van der Waals surface area contributed by atoms with Gasteiger partial charge in [-0.2, -0.15) is 0 Å². The Morgan fingerprint density at radius 3 is 2.55 bits per heavy atom. The van der Waals surface area contributed by atoms with E-state index in [-0.39, 0.29) is 0 Å². The monoisotopic (exact) mass is 156 g/mol. The third-order valence-electron chi connectivity index (χ3n) is 2.33. The van der Waals surface area contributed by atoms with Crippen molar-refractivity contribution in [1.29, 1.82) is 0 Å². The van der Waals surface area contributed by atoms with Crippen molar-refractivity contribution in [3.05, 3.63) is 0 Å². The van der Waals surface area contributed by atoms with Gasteiger partial charge in [-0.15, -0.1) is 0 Å². The maximum absolute atomic E-state index is 5.32. The highest BCUT2D eigenvalue weighted by atomic mass is 16.5. The molecule has 0 aromatic heterocycles. The Morgan fingerprint density at radius 1 is 1.36 bits per heavy atom. The first-order chi connectivity index (χ1) is 5.08. The molecule has 0 bridgehead atoms. The average Bonchev–Trinajstić information content (AvgIpc) is 2.32. The molecule has 0 amide bonds. The Morgan fingerprint density at radius 2 is 2.09 bits per heavy atom. The van der Waals surface area contributed by atoms with Gasteiger partial charge in [0.05, 0.1) is 0 Å². The summed E-state index contributed by atoms with van der Waals surface area (Å²) in [6.07, 6.45) is 3.97. The van der Waals surface area contributed by atoms with E-state index in [1.807, 2.05) is 0 Å². The van der Waals surface area contributed by atoms with Crippen LogP contribution in [0.2, 0.25) is 0 Å². The third-order valence-corrected chi connectivity index (χ3v) is 2.33. The van der Waals surface area contributed by atoms with Crippen LogP contribution in [0.5, 0.6) is 0 Å². The van der Waals surface area contributed by atoms with Crippen LogP contribution in [0.15, 0.2) is 0 Å². The molecule has 1 rings (SSSR count). The van der Waals surface area contributed by atoms with Gasteiger partial charge in [-0.1, -0.05) is 20.8 Å². The molecule has 0 aromatic rings. The predicted molar refractivity (Wildman–Crippen MR) is 47.6 cm³/mol. The van der Waals surface area contributed by atoms with Crippen LogP contribution in [-0.4, -0.2) is 13.2 Å². The fourth-order valence-electron chi connectivity index (χ4n) is 1.45. The Hall–Kier alpha value is -0.0400. The molecular weight excluding hydrogens is 136 g/mol. The molecule has 0 radical (unpaired) electrons. The van der Waals surface area contributed by atoms with Gasteiger partial charge in [-0.05, 0) is 30.6 Å². The lowest BCUT2D eigenvalue weighted by Crippen LogP contribution is -2.09. The molecule has 1 heterocycles. The van der Waals surface area contributed by atoms with E-state index in [2.05, 4.69) is 20.8 Å². The quantitative estimate of drug-likeness (QED) is 0.597. The minimum absolute atomic E-state index is 0.503. The van der Waals surface area contributed by atoms with Crippen molar-refractivity contribution in [2.75, 3.05) is 13.2 Å². The summed E-state index contributed by atoms with van der Waals surface area (Å²) in [5.74, 6) is 0.856. The molecular formula is C10H20O. The summed E-state index contributed by atoms with van der Waals surface area (Å²) in [6, 6.07) is 0. The van der Waals surface area contributed by atoms with Gasteiger partial charge in [-0.25, -0.2) is 0 Å². The van der Waals surface area contributed by atoms with Crippen LogP contribution in [-0.2, 0) is 4.74 Å². The first-order valence-corrected chi connectivity index (χ1v) is 4.66. The van der Waals surface area contributed by atoms with Crippen LogP contribution in [0.25, 0.3) is 0 Å². The van der Waals surface area contributed by atoms with E-state index < -0.39 is 0 Å². The third kappa shape index (κ3) is 3.76. The lowest BCUT2D eigenvalue weighted by molar-refractivity contribution is 0.180. The standard InChI is InChI=1S/C10H20O/c1-10(2,3)6-4-9-5-7-11-8-9/h9H,4-8H2,1-3H3. The minimum Gasteiger partial charge on any atom is -0.381 e. The second-order valence-corrected chi connectivity index (χ2v) is 4.83. The highest BCUT2D eigenvalue weighted by molar-refractivity contribution is 4.69. The number of ether oxygens (including phenoxy) is 1. The summed E-state index contributed by atoms with van der Waals surface area (Å²) >= 11 is 0. The van der Waals surface area contributed by atoms with Crippen LogP contribution in [0.3, 0.4) is 0 Å². The number of hydrogen-bond acceptors (Lipinski definition) is 1. The Bertz CT molecular complexity index is 107. The maximum Gasteiger partial charge on any atom is 0.0495 e. The van der Waals surface area contributed by atoms with Gasteiger partial charge >= 0.3 is 0 Å². The topological polar surface area (TPSA) is 9.23 Å². The van der Waals surface area contributed by atoms with Gasteiger partial charge in [0.1, 0.15) is 0 Å². The molecule has 1 heteroatoms. The van der Waals surface area contributed by atoms with E-state index >= 15 is 0 Å². The Kier molecular flexibility index (Phi) is 2.94. The van der Waals surface area contributed by atoms with Crippen LogP contribution in [0, 0.1) is 11.3 Å². The van der Waals surface area contributed by atoms with Crippen molar-refractivity contribution >= 4 is 0 Å². The van der Waals surface area contributed by atoms with Gasteiger partial charge in [-0.3, -0.25) is 0 Å². The molecule has 1 saturated heterocycles. The van der Waals surface area contributed by atoms with Crippen LogP contribution < -0.4 is 0 Å². The lowest BCUT2D eigenvalue weighted by Gasteiger charge is -2.19. The van der Waals surface area contributed by atoms with Crippen molar-refractivity contribution in [2.24, 2.45) is 11.3 Å². The molecule has 1 atom stereocenters. The molecule has 0 saturated carbocycles.